The van der Waals surface area contributed by atoms with Crippen LogP contribution in [0.2, 0.25) is 0 Å². The summed E-state index contributed by atoms with van der Waals surface area (Å²) in [6.45, 7) is 4.59. The van der Waals surface area contributed by atoms with Crippen molar-refractivity contribution in [1.82, 2.24) is 25.5 Å². The van der Waals surface area contributed by atoms with Crippen LogP contribution in [0.4, 0.5) is 0 Å². The Morgan fingerprint density at radius 3 is 3.05 bits per heavy atom. The number of nitrogens with one attached hydrogen (secondary N) is 1. The fraction of sp³-hybridized carbons (Fsp3) is 0.923. The molecule has 0 aliphatic heterocycles. The molecular weight excluding hydrogens is 242 g/mol. The van der Waals surface area contributed by atoms with Gasteiger partial charge in [-0.15, -0.1) is 5.10 Å². The third kappa shape index (κ3) is 4.24. The van der Waals surface area contributed by atoms with Crippen molar-refractivity contribution in [2.45, 2.75) is 51.6 Å². The molecule has 0 aromatic carbocycles. The van der Waals surface area contributed by atoms with E-state index in [1.807, 2.05) is 4.68 Å². The Hall–Kier alpha value is -1.01. The quantitative estimate of drug-likeness (QED) is 0.626. The van der Waals surface area contributed by atoms with Gasteiger partial charge in [-0.25, -0.2) is 4.68 Å². The Bertz CT molecular complexity index is 368. The highest BCUT2D eigenvalue weighted by Gasteiger charge is 2.21. The fourth-order valence-electron chi connectivity index (χ4n) is 2.70. The molecule has 2 unspecified atom stereocenters. The van der Waals surface area contributed by atoms with Gasteiger partial charge in [-0.2, -0.15) is 0 Å². The minimum atomic E-state index is 0.471. The molecule has 1 heterocycles. The van der Waals surface area contributed by atoms with E-state index in [9.17, 15) is 0 Å². The molecule has 2 rings (SSSR count). The Labute approximate surface area is 114 Å². The first-order valence-corrected chi connectivity index (χ1v) is 7.27. The van der Waals surface area contributed by atoms with E-state index >= 15 is 0 Å². The van der Waals surface area contributed by atoms with E-state index in [1.165, 1.54) is 32.1 Å². The van der Waals surface area contributed by atoms with Crippen LogP contribution in [-0.4, -0.2) is 40.5 Å². The summed E-state index contributed by atoms with van der Waals surface area (Å²) in [6, 6.07) is 0.471. The number of aromatic nitrogens is 4. The van der Waals surface area contributed by atoms with Gasteiger partial charge in [-0.3, -0.25) is 0 Å². The molecule has 6 nitrogen and oxygen atoms in total. The van der Waals surface area contributed by atoms with Crippen molar-refractivity contribution in [3.8, 4) is 0 Å². The molecule has 0 spiro atoms. The lowest BCUT2D eigenvalue weighted by Crippen LogP contribution is -2.23. The predicted octanol–water partition coefficient (Wildman–Crippen LogP) is 1.55. The lowest BCUT2D eigenvalue weighted by atomic mass is 10.0. The van der Waals surface area contributed by atoms with Crippen LogP contribution in [0, 0.1) is 5.92 Å². The van der Waals surface area contributed by atoms with Crippen molar-refractivity contribution in [1.29, 1.82) is 0 Å². The number of hydrogen-bond donors (Lipinski definition) is 1. The second-order valence-corrected chi connectivity index (χ2v) is 5.48. The predicted molar refractivity (Wildman–Crippen MR) is 72.7 cm³/mol. The first-order valence-electron chi connectivity index (χ1n) is 7.27. The van der Waals surface area contributed by atoms with E-state index < -0.39 is 0 Å². The van der Waals surface area contributed by atoms with E-state index in [1.54, 1.807) is 7.11 Å². The lowest BCUT2D eigenvalue weighted by Gasteiger charge is -2.16. The zero-order chi connectivity index (χ0) is 13.5. The average molecular weight is 267 g/mol. The second kappa shape index (κ2) is 7.55. The Morgan fingerprint density at radius 1 is 1.32 bits per heavy atom. The zero-order valence-electron chi connectivity index (χ0n) is 12.0. The molecule has 108 valence electrons. The topological polar surface area (TPSA) is 64.9 Å². The zero-order valence-corrected chi connectivity index (χ0v) is 12.0. The largest absolute Gasteiger partial charge is 0.383 e. The number of methoxy groups -OCH3 is 1. The molecule has 1 aromatic rings. The number of hydrogen-bond acceptors (Lipinski definition) is 5. The van der Waals surface area contributed by atoms with E-state index in [2.05, 4.69) is 27.8 Å². The molecule has 1 N–H and O–H groups in total. The second-order valence-electron chi connectivity index (χ2n) is 5.48. The third-order valence-corrected chi connectivity index (χ3v) is 3.90. The third-order valence-electron chi connectivity index (χ3n) is 3.90. The minimum Gasteiger partial charge on any atom is -0.383 e. The monoisotopic (exact) mass is 267 g/mol. The van der Waals surface area contributed by atoms with Gasteiger partial charge in [0.1, 0.15) is 0 Å². The van der Waals surface area contributed by atoms with Crippen molar-refractivity contribution in [2.75, 3.05) is 20.3 Å². The standard InChI is InChI=1S/C13H25N5O/c1-11-4-3-5-12(7-6-11)18-13(15-16-17-18)10-14-8-9-19-2/h11-12,14H,3-10H2,1-2H3. The molecule has 0 radical (unpaired) electrons. The Morgan fingerprint density at radius 2 is 2.21 bits per heavy atom. The fourth-order valence-corrected chi connectivity index (χ4v) is 2.70. The highest BCUT2D eigenvalue weighted by Crippen LogP contribution is 2.29. The van der Waals surface area contributed by atoms with Gasteiger partial charge >= 0.3 is 0 Å². The summed E-state index contributed by atoms with van der Waals surface area (Å²) in [4.78, 5) is 0. The molecule has 6 heteroatoms. The number of nitrogens with zero attached hydrogens (tertiary/aromatic N) is 4. The molecule has 1 aliphatic rings. The summed E-state index contributed by atoms with van der Waals surface area (Å²) in [5.74, 6) is 1.78. The SMILES string of the molecule is COCCNCc1nnnn1C1CCCC(C)CC1. The van der Waals surface area contributed by atoms with Crippen molar-refractivity contribution < 1.29 is 4.74 Å². The maximum Gasteiger partial charge on any atom is 0.165 e. The summed E-state index contributed by atoms with van der Waals surface area (Å²) in [5.41, 5.74) is 0. The molecule has 0 bridgehead atoms. The molecular formula is C13H25N5O. The van der Waals surface area contributed by atoms with E-state index in [-0.39, 0.29) is 0 Å². The lowest BCUT2D eigenvalue weighted by molar-refractivity contribution is 0.198. The smallest absolute Gasteiger partial charge is 0.165 e. The summed E-state index contributed by atoms with van der Waals surface area (Å²) < 4.78 is 7.04. The van der Waals surface area contributed by atoms with Crippen LogP contribution in [0.1, 0.15) is 50.9 Å². The average Bonchev–Trinajstić information content (AvgIpc) is 2.77. The summed E-state index contributed by atoms with van der Waals surface area (Å²) >= 11 is 0. The maximum atomic E-state index is 5.02. The van der Waals surface area contributed by atoms with E-state index in [4.69, 9.17) is 4.74 Å². The summed E-state index contributed by atoms with van der Waals surface area (Å²) in [5, 5.41) is 15.5. The van der Waals surface area contributed by atoms with Crippen LogP contribution in [0.5, 0.6) is 0 Å². The Kier molecular flexibility index (Phi) is 5.72. The molecule has 19 heavy (non-hydrogen) atoms. The normalized spacial score (nSPS) is 24.3. The van der Waals surface area contributed by atoms with Gasteiger partial charge < -0.3 is 10.1 Å². The van der Waals surface area contributed by atoms with E-state index in [0.717, 1.165) is 18.3 Å². The Balaban J connectivity index is 1.90. The van der Waals surface area contributed by atoms with Crippen LogP contribution in [0.15, 0.2) is 0 Å². The van der Waals surface area contributed by atoms with Crippen molar-refractivity contribution in [3.63, 3.8) is 0 Å². The van der Waals surface area contributed by atoms with Crippen LogP contribution < -0.4 is 5.32 Å². The number of ether oxygens (including phenoxy) is 1. The van der Waals surface area contributed by atoms with Gasteiger partial charge in [0, 0.05) is 13.7 Å². The molecule has 0 amide bonds. The van der Waals surface area contributed by atoms with E-state index in [0.29, 0.717) is 19.2 Å². The highest BCUT2D eigenvalue weighted by atomic mass is 16.5. The molecule has 0 saturated heterocycles. The van der Waals surface area contributed by atoms with Gasteiger partial charge in [0.25, 0.3) is 0 Å². The van der Waals surface area contributed by atoms with Gasteiger partial charge in [0.05, 0.1) is 19.2 Å². The highest BCUT2D eigenvalue weighted by molar-refractivity contribution is 4.85. The number of rotatable bonds is 6. The van der Waals surface area contributed by atoms with Gasteiger partial charge in [0.2, 0.25) is 0 Å². The van der Waals surface area contributed by atoms with Gasteiger partial charge in [-0.05, 0) is 35.6 Å². The first-order chi connectivity index (χ1) is 9.31. The molecule has 2 atom stereocenters. The molecule has 1 saturated carbocycles. The van der Waals surface area contributed by atoms with Crippen LogP contribution >= 0.6 is 0 Å². The van der Waals surface area contributed by atoms with Crippen LogP contribution in [0.3, 0.4) is 0 Å². The minimum absolute atomic E-state index is 0.471. The maximum absolute atomic E-state index is 5.02. The van der Waals surface area contributed by atoms with Crippen molar-refractivity contribution >= 4 is 0 Å². The number of tetrazole rings is 1. The van der Waals surface area contributed by atoms with Gasteiger partial charge in [0.15, 0.2) is 5.82 Å². The van der Waals surface area contributed by atoms with Crippen LogP contribution in [0.25, 0.3) is 0 Å². The van der Waals surface area contributed by atoms with Crippen molar-refractivity contribution in [3.05, 3.63) is 5.82 Å². The summed E-state index contributed by atoms with van der Waals surface area (Å²) in [7, 11) is 1.71. The summed E-state index contributed by atoms with van der Waals surface area (Å²) in [6.07, 6.45) is 6.28. The van der Waals surface area contributed by atoms with Crippen LogP contribution in [-0.2, 0) is 11.3 Å². The molecule has 1 fully saturated rings. The van der Waals surface area contributed by atoms with Crippen molar-refractivity contribution in [2.24, 2.45) is 5.92 Å². The molecule has 1 aliphatic carbocycles. The first kappa shape index (κ1) is 14.4. The van der Waals surface area contributed by atoms with Gasteiger partial charge in [-0.1, -0.05) is 19.8 Å². The molecule has 1 aromatic heterocycles.